The minimum atomic E-state index is -0.773. The molecule has 1 aliphatic heterocycles. The first-order valence-corrected chi connectivity index (χ1v) is 6.65. The number of aryl methyl sites for hydroxylation is 1. The van der Waals surface area contributed by atoms with Gasteiger partial charge in [0, 0.05) is 12.0 Å². The molecule has 0 radical (unpaired) electrons. The summed E-state index contributed by atoms with van der Waals surface area (Å²) < 4.78 is 5.70. The average molecular weight is 288 g/mol. The van der Waals surface area contributed by atoms with Gasteiger partial charge in [-0.15, -0.1) is 0 Å². The third-order valence-corrected chi connectivity index (χ3v) is 3.76. The number of ether oxygens (including phenoxy) is 1. The first kappa shape index (κ1) is 13.6. The highest BCUT2D eigenvalue weighted by atomic mass is 16.5. The van der Waals surface area contributed by atoms with E-state index in [1.807, 2.05) is 0 Å². The molecule has 2 aromatic carbocycles. The van der Waals surface area contributed by atoms with Crippen molar-refractivity contribution in [2.24, 2.45) is 0 Å². The van der Waals surface area contributed by atoms with Gasteiger partial charge in [0.1, 0.15) is 5.75 Å². The van der Waals surface area contributed by atoms with Gasteiger partial charge in [0.2, 0.25) is 5.75 Å². The van der Waals surface area contributed by atoms with Crippen LogP contribution >= 0.6 is 0 Å². The highest BCUT2D eigenvalue weighted by Crippen LogP contribution is 2.45. The minimum Gasteiger partial charge on any atom is -0.508 e. The van der Waals surface area contributed by atoms with Crippen molar-refractivity contribution in [1.29, 1.82) is 0 Å². The van der Waals surface area contributed by atoms with E-state index in [9.17, 15) is 20.4 Å². The molecule has 1 aliphatic rings. The van der Waals surface area contributed by atoms with E-state index in [0.717, 1.165) is 0 Å². The molecule has 0 unspecified atom stereocenters. The molecular weight excluding hydrogens is 272 g/mol. The van der Waals surface area contributed by atoms with E-state index in [2.05, 4.69) is 0 Å². The largest absolute Gasteiger partial charge is 0.508 e. The molecule has 1 heterocycles. The fourth-order valence-electron chi connectivity index (χ4n) is 2.58. The monoisotopic (exact) mass is 288 g/mol. The van der Waals surface area contributed by atoms with Crippen LogP contribution in [0.1, 0.15) is 22.8 Å². The van der Waals surface area contributed by atoms with Crippen molar-refractivity contribution in [3.8, 4) is 23.0 Å². The third-order valence-electron chi connectivity index (χ3n) is 3.76. The normalized spacial score (nSPS) is 20.7. The van der Waals surface area contributed by atoms with Crippen LogP contribution in [0.5, 0.6) is 23.0 Å². The topological polar surface area (TPSA) is 90.2 Å². The molecule has 0 aliphatic carbocycles. The number of hydrogen-bond donors (Lipinski definition) is 4. The van der Waals surface area contributed by atoms with Crippen LogP contribution in [0, 0.1) is 6.92 Å². The first-order valence-electron chi connectivity index (χ1n) is 6.65. The van der Waals surface area contributed by atoms with E-state index < -0.39 is 12.2 Å². The van der Waals surface area contributed by atoms with Crippen LogP contribution < -0.4 is 4.74 Å². The maximum absolute atomic E-state index is 10.3. The lowest BCUT2D eigenvalue weighted by Gasteiger charge is -2.31. The molecule has 0 fully saturated rings. The molecule has 0 bridgehead atoms. The molecule has 110 valence electrons. The molecule has 0 amide bonds. The van der Waals surface area contributed by atoms with E-state index in [1.165, 1.54) is 6.07 Å². The van der Waals surface area contributed by atoms with Gasteiger partial charge in [-0.2, -0.15) is 0 Å². The van der Waals surface area contributed by atoms with Crippen molar-refractivity contribution in [3.63, 3.8) is 0 Å². The highest BCUT2D eigenvalue weighted by Gasteiger charge is 2.32. The standard InChI is InChI=1S/C16H16O5/c1-8-6-9(2-4-11(8)17)15-13(19)7-10-3-5-12(18)14(20)16(10)21-15/h2-6,13,15,17-20H,7H2,1H3/t13-,15+/m1/s1. The molecule has 5 heteroatoms. The van der Waals surface area contributed by atoms with Gasteiger partial charge < -0.3 is 25.2 Å². The van der Waals surface area contributed by atoms with Gasteiger partial charge >= 0.3 is 0 Å². The van der Waals surface area contributed by atoms with Gasteiger partial charge in [-0.3, -0.25) is 0 Å². The van der Waals surface area contributed by atoms with E-state index in [-0.39, 0.29) is 23.0 Å². The predicted molar refractivity (Wildman–Crippen MR) is 75.7 cm³/mol. The number of aliphatic hydroxyl groups excluding tert-OH is 1. The van der Waals surface area contributed by atoms with Gasteiger partial charge in [-0.05, 0) is 36.2 Å². The Kier molecular flexibility index (Phi) is 3.14. The maximum atomic E-state index is 10.3. The lowest BCUT2D eigenvalue weighted by Crippen LogP contribution is -2.30. The molecule has 0 aromatic heterocycles. The van der Waals surface area contributed by atoms with Crippen LogP contribution in [0.15, 0.2) is 30.3 Å². The summed E-state index contributed by atoms with van der Waals surface area (Å²) in [5.41, 5.74) is 2.02. The number of aromatic hydroxyl groups is 3. The Morgan fingerprint density at radius 2 is 1.76 bits per heavy atom. The van der Waals surface area contributed by atoms with Crippen molar-refractivity contribution >= 4 is 0 Å². The molecule has 3 rings (SSSR count). The van der Waals surface area contributed by atoms with Crippen LogP contribution in [-0.2, 0) is 6.42 Å². The van der Waals surface area contributed by atoms with Gasteiger partial charge in [-0.25, -0.2) is 0 Å². The van der Waals surface area contributed by atoms with Crippen molar-refractivity contribution in [2.45, 2.75) is 25.6 Å². The third kappa shape index (κ3) is 2.25. The molecule has 0 saturated heterocycles. The maximum Gasteiger partial charge on any atom is 0.200 e. The van der Waals surface area contributed by atoms with E-state index in [4.69, 9.17) is 4.74 Å². The summed E-state index contributed by atoms with van der Waals surface area (Å²) in [6.45, 7) is 1.76. The quantitative estimate of drug-likeness (QED) is 0.604. The Balaban J connectivity index is 2.01. The minimum absolute atomic E-state index is 0.171. The molecule has 0 saturated carbocycles. The summed E-state index contributed by atoms with van der Waals surface area (Å²) in [5, 5.41) is 39.3. The summed E-state index contributed by atoms with van der Waals surface area (Å²) in [6, 6.07) is 7.93. The van der Waals surface area contributed by atoms with Crippen molar-refractivity contribution < 1.29 is 25.2 Å². The number of aliphatic hydroxyl groups is 1. The lowest BCUT2D eigenvalue weighted by molar-refractivity contribution is 0.0187. The van der Waals surface area contributed by atoms with Crippen molar-refractivity contribution in [1.82, 2.24) is 0 Å². The van der Waals surface area contributed by atoms with Crippen molar-refractivity contribution in [3.05, 3.63) is 47.0 Å². The van der Waals surface area contributed by atoms with Crippen LogP contribution in [0.3, 0.4) is 0 Å². The fourth-order valence-corrected chi connectivity index (χ4v) is 2.58. The number of phenols is 3. The van der Waals surface area contributed by atoms with E-state index in [0.29, 0.717) is 23.1 Å². The smallest absolute Gasteiger partial charge is 0.200 e. The number of hydrogen-bond acceptors (Lipinski definition) is 5. The zero-order valence-electron chi connectivity index (χ0n) is 11.4. The molecular formula is C16H16O5. The Bertz CT molecular complexity index is 695. The van der Waals surface area contributed by atoms with Gasteiger partial charge in [0.25, 0.3) is 0 Å². The highest BCUT2D eigenvalue weighted by molar-refractivity contribution is 5.55. The van der Waals surface area contributed by atoms with Crippen LogP contribution in [0.4, 0.5) is 0 Å². The zero-order valence-corrected chi connectivity index (χ0v) is 11.4. The van der Waals surface area contributed by atoms with E-state index >= 15 is 0 Å². The Morgan fingerprint density at radius 3 is 2.48 bits per heavy atom. The molecule has 2 atom stereocenters. The fraction of sp³-hybridized carbons (Fsp3) is 0.250. The predicted octanol–water partition coefficient (Wildman–Crippen LogP) is 2.15. The number of rotatable bonds is 1. The summed E-state index contributed by atoms with van der Waals surface area (Å²) in [6.07, 6.45) is -1.12. The van der Waals surface area contributed by atoms with Gasteiger partial charge in [0.05, 0.1) is 6.10 Å². The van der Waals surface area contributed by atoms with Crippen molar-refractivity contribution in [2.75, 3.05) is 0 Å². The second-order valence-corrected chi connectivity index (χ2v) is 5.28. The summed E-state index contributed by atoms with van der Waals surface area (Å²) in [7, 11) is 0. The molecule has 0 spiro atoms. The second-order valence-electron chi connectivity index (χ2n) is 5.28. The Labute approximate surface area is 121 Å². The molecule has 21 heavy (non-hydrogen) atoms. The average Bonchev–Trinajstić information content (AvgIpc) is 2.46. The zero-order chi connectivity index (χ0) is 15.1. The number of benzene rings is 2. The Hall–Kier alpha value is -2.40. The first-order chi connectivity index (χ1) is 9.97. The van der Waals surface area contributed by atoms with Gasteiger partial charge in [0.15, 0.2) is 17.6 Å². The van der Waals surface area contributed by atoms with E-state index in [1.54, 1.807) is 31.2 Å². The van der Waals surface area contributed by atoms with Crippen LogP contribution in [-0.4, -0.2) is 26.5 Å². The summed E-state index contributed by atoms with van der Waals surface area (Å²) in [5.74, 6) is -0.216. The summed E-state index contributed by atoms with van der Waals surface area (Å²) in [4.78, 5) is 0. The lowest BCUT2D eigenvalue weighted by atomic mass is 9.93. The molecule has 4 N–H and O–H groups in total. The Morgan fingerprint density at radius 1 is 1.05 bits per heavy atom. The van der Waals surface area contributed by atoms with Gasteiger partial charge in [-0.1, -0.05) is 12.1 Å². The number of fused-ring (bicyclic) bond motifs is 1. The van der Waals surface area contributed by atoms with Crippen LogP contribution in [0.2, 0.25) is 0 Å². The van der Waals surface area contributed by atoms with Crippen LogP contribution in [0.25, 0.3) is 0 Å². The molecule has 5 nitrogen and oxygen atoms in total. The summed E-state index contributed by atoms with van der Waals surface area (Å²) >= 11 is 0. The SMILES string of the molecule is Cc1cc([C@@H]2Oc3c(ccc(O)c3O)C[C@H]2O)ccc1O. The number of phenolic OH excluding ortho intramolecular Hbond substituents is 3. The second kappa shape index (κ2) is 4.86. The molecule has 2 aromatic rings.